The molecule has 0 atom stereocenters. The molecule has 0 fully saturated rings. The average molecular weight is 304 g/mol. The molecule has 0 saturated carbocycles. The first-order valence-corrected chi connectivity index (χ1v) is 7.72. The van der Waals surface area contributed by atoms with Crippen molar-refractivity contribution in [2.24, 2.45) is 0 Å². The van der Waals surface area contributed by atoms with Crippen molar-refractivity contribution in [2.45, 2.75) is 6.54 Å². The summed E-state index contributed by atoms with van der Waals surface area (Å²) in [7, 11) is 1.76. The lowest BCUT2D eigenvalue weighted by Crippen LogP contribution is -2.26. The third-order valence-corrected chi connectivity index (χ3v) is 4.66. The Balaban J connectivity index is 1.74. The Kier molecular flexibility index (Phi) is 3.62. The van der Waals surface area contributed by atoms with E-state index < -0.39 is 0 Å². The highest BCUT2D eigenvalue weighted by Gasteiger charge is 2.16. The maximum absolute atomic E-state index is 12.3. The van der Waals surface area contributed by atoms with E-state index in [1.165, 1.54) is 11.3 Å². The number of thiophene rings is 1. The molecular weight excluding hydrogens is 292 g/mol. The van der Waals surface area contributed by atoms with Crippen LogP contribution >= 0.6 is 22.7 Å². The maximum Gasteiger partial charge on any atom is 0.273 e. The van der Waals surface area contributed by atoms with Crippen LogP contribution in [0.2, 0.25) is 0 Å². The highest BCUT2D eigenvalue weighted by Crippen LogP contribution is 2.28. The van der Waals surface area contributed by atoms with Crippen LogP contribution in [0.15, 0.2) is 35.3 Å². The van der Waals surface area contributed by atoms with Gasteiger partial charge in [-0.25, -0.2) is 4.98 Å². The van der Waals surface area contributed by atoms with Crippen molar-refractivity contribution in [3.8, 4) is 9.88 Å². The Morgan fingerprint density at radius 3 is 3.05 bits per heavy atom. The van der Waals surface area contributed by atoms with E-state index in [1.54, 1.807) is 35.7 Å². The van der Waals surface area contributed by atoms with E-state index in [0.717, 1.165) is 15.4 Å². The van der Waals surface area contributed by atoms with Gasteiger partial charge in [0.2, 0.25) is 0 Å². The van der Waals surface area contributed by atoms with Gasteiger partial charge in [-0.3, -0.25) is 9.89 Å². The van der Waals surface area contributed by atoms with E-state index in [4.69, 9.17) is 0 Å². The largest absolute Gasteiger partial charge is 0.336 e. The van der Waals surface area contributed by atoms with E-state index in [9.17, 15) is 4.79 Å². The molecule has 5 nitrogen and oxygen atoms in total. The highest BCUT2D eigenvalue weighted by atomic mass is 32.1. The van der Waals surface area contributed by atoms with E-state index in [2.05, 4.69) is 15.2 Å². The molecule has 20 heavy (non-hydrogen) atoms. The summed E-state index contributed by atoms with van der Waals surface area (Å²) in [6, 6.07) is 3.99. The number of H-pyrrole nitrogens is 1. The molecule has 0 aliphatic heterocycles. The maximum atomic E-state index is 12.3. The van der Waals surface area contributed by atoms with Crippen LogP contribution in [0.5, 0.6) is 0 Å². The monoisotopic (exact) mass is 304 g/mol. The van der Waals surface area contributed by atoms with Crippen molar-refractivity contribution in [3.63, 3.8) is 0 Å². The molecule has 1 amide bonds. The zero-order valence-electron chi connectivity index (χ0n) is 10.7. The van der Waals surface area contributed by atoms with Gasteiger partial charge in [-0.2, -0.15) is 5.10 Å². The third-order valence-electron chi connectivity index (χ3n) is 2.78. The quantitative estimate of drug-likeness (QED) is 0.806. The minimum atomic E-state index is -0.0785. The van der Waals surface area contributed by atoms with Crippen molar-refractivity contribution in [2.75, 3.05) is 7.05 Å². The Labute approximate surface area is 123 Å². The van der Waals surface area contributed by atoms with Crippen LogP contribution < -0.4 is 0 Å². The summed E-state index contributed by atoms with van der Waals surface area (Å²) in [6.45, 7) is 0.515. The number of amides is 1. The van der Waals surface area contributed by atoms with Crippen molar-refractivity contribution in [3.05, 3.63) is 46.5 Å². The van der Waals surface area contributed by atoms with E-state index in [-0.39, 0.29) is 5.91 Å². The van der Waals surface area contributed by atoms with Gasteiger partial charge in [0.05, 0.1) is 11.1 Å². The van der Waals surface area contributed by atoms with E-state index in [0.29, 0.717) is 12.2 Å². The Morgan fingerprint density at radius 2 is 2.35 bits per heavy atom. The van der Waals surface area contributed by atoms with Gasteiger partial charge in [0, 0.05) is 30.7 Å². The Morgan fingerprint density at radius 1 is 1.45 bits per heavy atom. The second kappa shape index (κ2) is 5.56. The summed E-state index contributed by atoms with van der Waals surface area (Å²) in [6.07, 6.45) is 3.49. The summed E-state index contributed by atoms with van der Waals surface area (Å²) >= 11 is 3.12. The Bertz CT molecular complexity index is 688. The van der Waals surface area contributed by atoms with Gasteiger partial charge >= 0.3 is 0 Å². The second-order valence-corrected chi connectivity index (χ2v) is 6.09. The van der Waals surface area contributed by atoms with Gasteiger partial charge in [0.25, 0.3) is 5.91 Å². The number of hydrogen-bond acceptors (Lipinski definition) is 5. The molecule has 3 aromatic rings. The molecule has 102 valence electrons. The number of rotatable bonds is 4. The fourth-order valence-corrected chi connectivity index (χ4v) is 3.40. The first kappa shape index (κ1) is 13.0. The number of nitrogens with one attached hydrogen (secondary N) is 1. The van der Waals surface area contributed by atoms with E-state index >= 15 is 0 Å². The predicted octanol–water partition coefficient (Wildman–Crippen LogP) is 2.87. The molecule has 3 aromatic heterocycles. The lowest BCUT2D eigenvalue weighted by atomic mass is 10.3. The number of thiazole rings is 1. The van der Waals surface area contributed by atoms with Crippen LogP contribution in [0.4, 0.5) is 0 Å². The molecule has 0 radical (unpaired) electrons. The number of carbonyl (C=O) groups is 1. The van der Waals surface area contributed by atoms with Crippen LogP contribution in [0, 0.1) is 0 Å². The Hall–Kier alpha value is -1.99. The lowest BCUT2D eigenvalue weighted by Gasteiger charge is -2.14. The van der Waals surface area contributed by atoms with Gasteiger partial charge < -0.3 is 4.90 Å². The summed E-state index contributed by atoms with van der Waals surface area (Å²) in [5, 5.41) is 11.3. The molecular formula is C13H12N4OS2. The average Bonchev–Trinajstić information content (AvgIpc) is 3.18. The number of carbonyl (C=O) groups excluding carboxylic acids is 1. The van der Waals surface area contributed by atoms with Crippen molar-refractivity contribution in [1.82, 2.24) is 20.1 Å². The van der Waals surface area contributed by atoms with Crippen LogP contribution in [0.1, 0.15) is 16.1 Å². The fraction of sp³-hybridized carbons (Fsp3) is 0.154. The van der Waals surface area contributed by atoms with Crippen LogP contribution in [0.25, 0.3) is 9.88 Å². The van der Waals surface area contributed by atoms with Crippen LogP contribution in [0.3, 0.4) is 0 Å². The fourth-order valence-electron chi connectivity index (χ4n) is 1.79. The number of aromatic amines is 1. The van der Waals surface area contributed by atoms with Crippen molar-refractivity contribution in [1.29, 1.82) is 0 Å². The van der Waals surface area contributed by atoms with Gasteiger partial charge in [0.1, 0.15) is 10.7 Å². The molecule has 3 heterocycles. The number of aromatic nitrogens is 3. The topological polar surface area (TPSA) is 61.9 Å². The van der Waals surface area contributed by atoms with Crippen molar-refractivity contribution >= 4 is 28.6 Å². The summed E-state index contributed by atoms with van der Waals surface area (Å²) in [5.41, 5.74) is 1.46. The molecule has 0 bridgehead atoms. The first-order valence-electron chi connectivity index (χ1n) is 5.96. The van der Waals surface area contributed by atoms with Crippen LogP contribution in [-0.2, 0) is 6.54 Å². The summed E-state index contributed by atoms with van der Waals surface area (Å²) < 4.78 is 0. The first-order chi connectivity index (χ1) is 9.74. The van der Waals surface area contributed by atoms with Crippen molar-refractivity contribution < 1.29 is 4.79 Å². The second-order valence-electron chi connectivity index (χ2n) is 4.28. The minimum absolute atomic E-state index is 0.0785. The smallest absolute Gasteiger partial charge is 0.273 e. The van der Waals surface area contributed by atoms with Gasteiger partial charge in [-0.05, 0) is 11.4 Å². The SMILES string of the molecule is CN(Cc1cn[nH]c1)C(=O)c1csc(-c2cccs2)n1. The molecule has 3 rings (SSSR count). The standard InChI is InChI=1S/C13H12N4OS2/c1-17(7-9-5-14-15-6-9)13(18)10-8-20-12(16-10)11-3-2-4-19-11/h2-6,8H,7H2,1H3,(H,14,15). The third kappa shape index (κ3) is 2.63. The molecule has 0 aliphatic rings. The van der Waals surface area contributed by atoms with Gasteiger partial charge in [-0.15, -0.1) is 22.7 Å². The summed E-state index contributed by atoms with van der Waals surface area (Å²) in [5.74, 6) is -0.0785. The predicted molar refractivity (Wildman–Crippen MR) is 79.8 cm³/mol. The van der Waals surface area contributed by atoms with E-state index in [1.807, 2.05) is 22.9 Å². The zero-order chi connectivity index (χ0) is 13.9. The highest BCUT2D eigenvalue weighted by molar-refractivity contribution is 7.20. The molecule has 1 N–H and O–H groups in total. The van der Waals surface area contributed by atoms with Gasteiger partial charge in [-0.1, -0.05) is 6.07 Å². The number of hydrogen-bond donors (Lipinski definition) is 1. The minimum Gasteiger partial charge on any atom is -0.336 e. The normalized spacial score (nSPS) is 10.7. The summed E-state index contributed by atoms with van der Waals surface area (Å²) in [4.78, 5) is 19.4. The molecule has 0 spiro atoms. The molecule has 0 unspecified atom stereocenters. The molecule has 0 aromatic carbocycles. The molecule has 0 aliphatic carbocycles. The van der Waals surface area contributed by atoms with Gasteiger partial charge in [0.15, 0.2) is 0 Å². The molecule has 7 heteroatoms. The number of nitrogens with zero attached hydrogens (tertiary/aromatic N) is 3. The van der Waals surface area contributed by atoms with Crippen LogP contribution in [-0.4, -0.2) is 33.0 Å². The lowest BCUT2D eigenvalue weighted by molar-refractivity contribution is 0.0780. The zero-order valence-corrected chi connectivity index (χ0v) is 12.4. The molecule has 0 saturated heterocycles.